The molecule has 1 atom stereocenters. The molecule has 3 rings (SSSR count). The quantitative estimate of drug-likeness (QED) is 0.874. The highest BCUT2D eigenvalue weighted by Crippen LogP contribution is 2.27. The predicted octanol–water partition coefficient (Wildman–Crippen LogP) is 3.05. The second kappa shape index (κ2) is 6.14. The van der Waals surface area contributed by atoms with Crippen molar-refractivity contribution < 1.29 is 4.39 Å². The Bertz CT molecular complexity index is 686. The molecule has 1 aromatic carbocycles. The molecule has 1 aromatic heterocycles. The van der Waals surface area contributed by atoms with Crippen LogP contribution in [0.1, 0.15) is 38.3 Å². The average Bonchev–Trinajstić information content (AvgIpc) is 2.99. The van der Waals surface area contributed by atoms with Crippen LogP contribution in [0.2, 0.25) is 0 Å². The van der Waals surface area contributed by atoms with Crippen molar-refractivity contribution in [2.45, 2.75) is 38.6 Å². The van der Waals surface area contributed by atoms with Crippen LogP contribution in [0.4, 0.5) is 10.2 Å². The van der Waals surface area contributed by atoms with Gasteiger partial charge in [-0.25, -0.2) is 4.39 Å². The molecule has 0 saturated carbocycles. The molecule has 1 aliphatic heterocycles. The molecule has 0 unspecified atom stereocenters. The van der Waals surface area contributed by atoms with Crippen LogP contribution in [-0.4, -0.2) is 27.6 Å². The summed E-state index contributed by atoms with van der Waals surface area (Å²) in [5.41, 5.74) is 0.971. The van der Waals surface area contributed by atoms with Crippen molar-refractivity contribution in [1.82, 2.24) is 15.0 Å². The summed E-state index contributed by atoms with van der Waals surface area (Å²) in [7, 11) is 0. The van der Waals surface area contributed by atoms with E-state index in [1.807, 2.05) is 0 Å². The Morgan fingerprint density at radius 1 is 1.27 bits per heavy atom. The van der Waals surface area contributed by atoms with Gasteiger partial charge in [-0.3, -0.25) is 0 Å². The number of hydrogen-bond acceptors (Lipinski definition) is 4. The first-order chi connectivity index (χ1) is 10.7. The van der Waals surface area contributed by atoms with Gasteiger partial charge in [0.05, 0.1) is 5.69 Å². The van der Waals surface area contributed by atoms with Crippen molar-refractivity contribution in [1.29, 1.82) is 5.26 Å². The molecule has 0 radical (unpaired) electrons. The lowest BCUT2D eigenvalue weighted by Gasteiger charge is -2.35. The number of nitriles is 1. The molecule has 5 nitrogen and oxygen atoms in total. The van der Waals surface area contributed by atoms with Crippen molar-refractivity contribution in [3.8, 4) is 11.8 Å². The van der Waals surface area contributed by atoms with E-state index in [2.05, 4.69) is 28.1 Å². The van der Waals surface area contributed by atoms with Gasteiger partial charge in [-0.15, -0.1) is 15.0 Å². The summed E-state index contributed by atoms with van der Waals surface area (Å²) in [4.78, 5) is 3.60. The highest BCUT2D eigenvalue weighted by Gasteiger charge is 2.26. The monoisotopic (exact) mass is 299 g/mol. The second-order valence-electron chi connectivity index (χ2n) is 5.50. The minimum absolute atomic E-state index is 0.307. The summed E-state index contributed by atoms with van der Waals surface area (Å²) >= 11 is 0. The molecule has 22 heavy (non-hydrogen) atoms. The minimum Gasteiger partial charge on any atom is -0.350 e. The van der Waals surface area contributed by atoms with Crippen LogP contribution in [-0.2, 0) is 0 Å². The molecule has 114 valence electrons. The fourth-order valence-corrected chi connectivity index (χ4v) is 2.96. The first-order valence-corrected chi connectivity index (χ1v) is 7.63. The fraction of sp³-hybridized carbons (Fsp3) is 0.438. The third kappa shape index (κ3) is 2.67. The van der Waals surface area contributed by atoms with Crippen molar-refractivity contribution in [2.24, 2.45) is 0 Å². The molecule has 1 saturated heterocycles. The third-order valence-corrected chi connectivity index (χ3v) is 4.13. The zero-order valence-corrected chi connectivity index (χ0v) is 12.5. The van der Waals surface area contributed by atoms with E-state index in [9.17, 15) is 9.65 Å². The van der Waals surface area contributed by atoms with Crippen LogP contribution in [0.5, 0.6) is 0 Å². The lowest BCUT2D eigenvalue weighted by Crippen LogP contribution is -2.39. The van der Waals surface area contributed by atoms with E-state index in [4.69, 9.17) is 0 Å². The van der Waals surface area contributed by atoms with E-state index >= 15 is 0 Å². The van der Waals surface area contributed by atoms with E-state index in [0.29, 0.717) is 23.2 Å². The van der Waals surface area contributed by atoms with E-state index in [1.54, 1.807) is 12.1 Å². The summed E-state index contributed by atoms with van der Waals surface area (Å²) in [6, 6.07) is 8.46. The Labute approximate surface area is 129 Å². The summed E-state index contributed by atoms with van der Waals surface area (Å²) in [5, 5.41) is 18.1. The van der Waals surface area contributed by atoms with Crippen molar-refractivity contribution in [2.75, 3.05) is 11.4 Å². The van der Waals surface area contributed by atoms with Gasteiger partial charge in [0.15, 0.2) is 5.82 Å². The Kier molecular flexibility index (Phi) is 4.05. The fourth-order valence-electron chi connectivity index (χ4n) is 2.96. The van der Waals surface area contributed by atoms with E-state index < -0.39 is 0 Å². The number of piperidine rings is 1. The molecule has 0 aliphatic carbocycles. The molecular formula is C16H18FN5. The zero-order chi connectivity index (χ0) is 15.5. The Morgan fingerprint density at radius 3 is 2.73 bits per heavy atom. The first-order valence-electron chi connectivity index (χ1n) is 7.63. The molecule has 0 spiro atoms. The van der Waals surface area contributed by atoms with E-state index in [0.717, 1.165) is 25.8 Å². The molecule has 0 amide bonds. The highest BCUT2D eigenvalue weighted by atomic mass is 19.1. The number of rotatable bonds is 3. The maximum Gasteiger partial charge on any atom is 0.207 e. The topological polar surface area (TPSA) is 57.7 Å². The summed E-state index contributed by atoms with van der Waals surface area (Å²) in [5.74, 6) is 0.331. The molecule has 0 N–H and O–H groups in total. The van der Waals surface area contributed by atoms with Gasteiger partial charge in [0.1, 0.15) is 11.9 Å². The Morgan fingerprint density at radius 2 is 2.05 bits per heavy atom. The normalized spacial score (nSPS) is 18.2. The molecule has 0 bridgehead atoms. The number of hydrogen-bond donors (Lipinski definition) is 0. The molecule has 1 aliphatic rings. The summed E-state index contributed by atoms with van der Waals surface area (Å²) in [6.45, 7) is 3.05. The highest BCUT2D eigenvalue weighted by molar-refractivity contribution is 5.51. The maximum atomic E-state index is 13.0. The molecule has 2 heterocycles. The van der Waals surface area contributed by atoms with Gasteiger partial charge in [0.2, 0.25) is 5.69 Å². The summed E-state index contributed by atoms with van der Waals surface area (Å²) < 4.78 is 13.0. The molecule has 1 fully saturated rings. The largest absolute Gasteiger partial charge is 0.350 e. The van der Waals surface area contributed by atoms with Gasteiger partial charge in [0.25, 0.3) is 0 Å². The zero-order valence-electron chi connectivity index (χ0n) is 12.5. The van der Waals surface area contributed by atoms with Crippen molar-refractivity contribution in [3.05, 3.63) is 35.8 Å². The van der Waals surface area contributed by atoms with Crippen LogP contribution >= 0.6 is 0 Å². The second-order valence-corrected chi connectivity index (χ2v) is 5.50. The first kappa shape index (κ1) is 14.5. The standard InChI is InChI=1S/C16H18FN5/c1-2-13-5-3-4-10-21(13)16-15(11-18)19-22(20-16)14-8-6-12(17)7-9-14/h6-9,13H,2-5,10H2,1H3/t13-/m0/s1. The summed E-state index contributed by atoms with van der Waals surface area (Å²) in [6.07, 6.45) is 4.45. The Hall–Kier alpha value is -2.42. The van der Waals surface area contributed by atoms with Crippen LogP contribution in [0, 0.1) is 17.1 Å². The van der Waals surface area contributed by atoms with E-state index in [-0.39, 0.29) is 5.82 Å². The SMILES string of the molecule is CC[C@H]1CCCCN1c1nn(-c2ccc(F)cc2)nc1C#N. The van der Waals surface area contributed by atoms with Gasteiger partial charge >= 0.3 is 0 Å². The van der Waals surface area contributed by atoms with Crippen LogP contribution in [0.15, 0.2) is 24.3 Å². The van der Waals surface area contributed by atoms with Crippen LogP contribution in [0.25, 0.3) is 5.69 Å². The Balaban J connectivity index is 1.98. The maximum absolute atomic E-state index is 13.0. The number of benzene rings is 1. The predicted molar refractivity (Wildman–Crippen MR) is 81.3 cm³/mol. The van der Waals surface area contributed by atoms with Crippen LogP contribution < -0.4 is 4.90 Å². The van der Waals surface area contributed by atoms with Gasteiger partial charge in [-0.1, -0.05) is 6.92 Å². The van der Waals surface area contributed by atoms with Crippen molar-refractivity contribution >= 4 is 5.82 Å². The van der Waals surface area contributed by atoms with Crippen LogP contribution in [0.3, 0.4) is 0 Å². The number of anilines is 1. The smallest absolute Gasteiger partial charge is 0.207 e. The lowest BCUT2D eigenvalue weighted by molar-refractivity contribution is 0.446. The number of nitrogens with zero attached hydrogens (tertiary/aromatic N) is 5. The van der Waals surface area contributed by atoms with Gasteiger partial charge in [-0.05, 0) is 49.9 Å². The number of halogens is 1. The van der Waals surface area contributed by atoms with Gasteiger partial charge in [0, 0.05) is 12.6 Å². The molecule has 2 aromatic rings. The number of aromatic nitrogens is 3. The average molecular weight is 299 g/mol. The van der Waals surface area contributed by atoms with E-state index in [1.165, 1.54) is 23.4 Å². The molecular weight excluding hydrogens is 281 g/mol. The van der Waals surface area contributed by atoms with Crippen molar-refractivity contribution in [3.63, 3.8) is 0 Å². The lowest BCUT2D eigenvalue weighted by atomic mass is 10.00. The van der Waals surface area contributed by atoms with Gasteiger partial charge in [-0.2, -0.15) is 5.26 Å². The minimum atomic E-state index is -0.307. The third-order valence-electron chi connectivity index (χ3n) is 4.13. The molecule has 6 heteroatoms. The van der Waals surface area contributed by atoms with Gasteiger partial charge < -0.3 is 4.90 Å².